The Balaban J connectivity index is 1.64. The number of aryl methyl sites for hydroxylation is 2. The van der Waals surface area contributed by atoms with E-state index in [1.807, 2.05) is 13.0 Å². The van der Waals surface area contributed by atoms with Gasteiger partial charge < -0.3 is 10.1 Å². The Morgan fingerprint density at radius 2 is 1.82 bits per heavy atom. The van der Waals surface area contributed by atoms with E-state index in [-0.39, 0.29) is 16.4 Å². The van der Waals surface area contributed by atoms with Gasteiger partial charge in [-0.15, -0.1) is 0 Å². The van der Waals surface area contributed by atoms with Gasteiger partial charge in [0, 0.05) is 11.4 Å². The summed E-state index contributed by atoms with van der Waals surface area (Å²) in [5.41, 5.74) is 1.45. The van der Waals surface area contributed by atoms with Crippen LogP contribution in [-0.4, -0.2) is 47.4 Å². The zero-order chi connectivity index (χ0) is 24.3. The zero-order valence-corrected chi connectivity index (χ0v) is 18.8. The SMILES string of the molecule is Cc1cc(C)n(-c2ccc(Cl)c(C(=O)OCC(=O)Nc3ccc(S(=O)(=O)C(F)F)cc3)n2)n1. The monoisotopic (exact) mass is 498 g/mol. The van der Waals surface area contributed by atoms with Crippen molar-refractivity contribution in [3.8, 4) is 5.82 Å². The number of esters is 1. The van der Waals surface area contributed by atoms with Crippen molar-refractivity contribution in [1.82, 2.24) is 14.8 Å². The van der Waals surface area contributed by atoms with E-state index in [1.54, 1.807) is 13.0 Å². The van der Waals surface area contributed by atoms with E-state index in [0.717, 1.165) is 35.7 Å². The molecular weight excluding hydrogens is 482 g/mol. The molecule has 0 saturated heterocycles. The molecule has 2 aromatic heterocycles. The Bertz CT molecular complexity index is 1310. The minimum absolute atomic E-state index is 0.0153. The maximum atomic E-state index is 12.6. The van der Waals surface area contributed by atoms with Crippen LogP contribution in [0.5, 0.6) is 0 Å². The van der Waals surface area contributed by atoms with Gasteiger partial charge in [0.25, 0.3) is 5.91 Å². The summed E-state index contributed by atoms with van der Waals surface area (Å²) >= 11 is 6.05. The van der Waals surface area contributed by atoms with Crippen LogP contribution in [0.1, 0.15) is 21.9 Å². The van der Waals surface area contributed by atoms with Crippen LogP contribution in [-0.2, 0) is 19.4 Å². The molecule has 0 atom stereocenters. The number of benzene rings is 1. The van der Waals surface area contributed by atoms with Gasteiger partial charge in [-0.25, -0.2) is 22.9 Å². The van der Waals surface area contributed by atoms with Crippen LogP contribution in [0.3, 0.4) is 0 Å². The number of pyridine rings is 1. The molecule has 0 unspecified atom stereocenters. The maximum Gasteiger partial charge on any atom is 0.359 e. The number of hydrogen-bond acceptors (Lipinski definition) is 7. The lowest BCUT2D eigenvalue weighted by atomic mass is 10.3. The largest absolute Gasteiger partial charge is 0.451 e. The van der Waals surface area contributed by atoms with E-state index in [4.69, 9.17) is 16.3 Å². The summed E-state index contributed by atoms with van der Waals surface area (Å²) in [6.45, 7) is 2.92. The fourth-order valence-corrected chi connectivity index (χ4v) is 3.68. The van der Waals surface area contributed by atoms with Crippen LogP contribution < -0.4 is 5.32 Å². The molecule has 0 aliphatic carbocycles. The molecule has 9 nitrogen and oxygen atoms in total. The highest BCUT2D eigenvalue weighted by Gasteiger charge is 2.26. The first-order valence-electron chi connectivity index (χ1n) is 9.28. The van der Waals surface area contributed by atoms with E-state index >= 15 is 0 Å². The predicted octanol–water partition coefficient (Wildman–Crippen LogP) is 3.33. The molecule has 33 heavy (non-hydrogen) atoms. The second-order valence-corrected chi connectivity index (χ2v) is 9.12. The summed E-state index contributed by atoms with van der Waals surface area (Å²) in [7, 11) is -4.74. The van der Waals surface area contributed by atoms with Gasteiger partial charge >= 0.3 is 11.7 Å². The summed E-state index contributed by atoms with van der Waals surface area (Å²) in [6.07, 6.45) is 0. The van der Waals surface area contributed by atoms with E-state index in [1.165, 1.54) is 10.7 Å². The van der Waals surface area contributed by atoms with Crippen LogP contribution >= 0.6 is 11.6 Å². The molecule has 1 amide bonds. The minimum atomic E-state index is -4.74. The number of sulfone groups is 1. The highest BCUT2D eigenvalue weighted by molar-refractivity contribution is 7.91. The van der Waals surface area contributed by atoms with Gasteiger partial charge in [-0.3, -0.25) is 4.79 Å². The van der Waals surface area contributed by atoms with Crippen LogP contribution in [0.4, 0.5) is 14.5 Å². The molecule has 0 fully saturated rings. The summed E-state index contributed by atoms with van der Waals surface area (Å²) < 4.78 is 54.5. The predicted molar refractivity (Wildman–Crippen MR) is 114 cm³/mol. The number of rotatable bonds is 7. The first kappa shape index (κ1) is 24.3. The van der Waals surface area contributed by atoms with Gasteiger partial charge in [0.05, 0.1) is 15.6 Å². The number of carbonyl (C=O) groups is 2. The molecule has 13 heteroatoms. The fourth-order valence-electron chi connectivity index (χ4n) is 2.78. The number of nitrogens with zero attached hydrogens (tertiary/aromatic N) is 3. The number of ether oxygens (including phenoxy) is 1. The number of anilines is 1. The number of carbonyl (C=O) groups excluding carboxylic acids is 2. The van der Waals surface area contributed by atoms with Crippen molar-refractivity contribution in [3.63, 3.8) is 0 Å². The average Bonchev–Trinajstić information content (AvgIpc) is 3.10. The zero-order valence-electron chi connectivity index (χ0n) is 17.3. The Hall–Kier alpha value is -3.38. The van der Waals surface area contributed by atoms with Crippen molar-refractivity contribution in [2.75, 3.05) is 11.9 Å². The molecule has 0 saturated carbocycles. The molecule has 3 rings (SSSR count). The number of halogens is 3. The summed E-state index contributed by atoms with van der Waals surface area (Å²) in [5, 5.41) is 6.65. The lowest BCUT2D eigenvalue weighted by Gasteiger charge is -2.09. The van der Waals surface area contributed by atoms with Crippen molar-refractivity contribution in [2.45, 2.75) is 24.5 Å². The summed E-state index contributed by atoms with van der Waals surface area (Å²) in [6, 6.07) is 8.97. The van der Waals surface area contributed by atoms with Crippen LogP contribution in [0.2, 0.25) is 5.02 Å². The third-order valence-corrected chi connectivity index (χ3v) is 5.99. The van der Waals surface area contributed by atoms with Crippen molar-refractivity contribution in [2.24, 2.45) is 0 Å². The molecule has 1 aromatic carbocycles. The fraction of sp³-hybridized carbons (Fsp3) is 0.200. The topological polar surface area (TPSA) is 120 Å². The second kappa shape index (κ2) is 9.63. The molecule has 0 aliphatic rings. The van der Waals surface area contributed by atoms with Crippen molar-refractivity contribution >= 4 is 39.0 Å². The van der Waals surface area contributed by atoms with Gasteiger partial charge in [-0.2, -0.15) is 13.9 Å². The highest BCUT2D eigenvalue weighted by atomic mass is 35.5. The lowest BCUT2D eigenvalue weighted by molar-refractivity contribution is -0.119. The molecule has 0 aliphatic heterocycles. The number of alkyl halides is 2. The van der Waals surface area contributed by atoms with Gasteiger partial charge in [0.1, 0.15) is 0 Å². The molecule has 3 aromatic rings. The molecule has 2 heterocycles. The van der Waals surface area contributed by atoms with Crippen molar-refractivity contribution in [3.05, 3.63) is 64.6 Å². The highest BCUT2D eigenvalue weighted by Crippen LogP contribution is 2.21. The van der Waals surface area contributed by atoms with Crippen LogP contribution in [0.15, 0.2) is 47.4 Å². The Morgan fingerprint density at radius 1 is 1.15 bits per heavy atom. The van der Waals surface area contributed by atoms with E-state index in [0.29, 0.717) is 5.82 Å². The van der Waals surface area contributed by atoms with Crippen LogP contribution in [0, 0.1) is 13.8 Å². The maximum absolute atomic E-state index is 12.6. The Kier molecular flexibility index (Phi) is 7.08. The standard InChI is InChI=1S/C20H17ClF2N4O5S/c1-11-9-12(2)27(26-11)16-8-7-15(21)18(25-16)19(29)32-10-17(28)24-13-3-5-14(6-4-13)33(30,31)20(22)23/h3-9,20H,10H2,1-2H3,(H,24,28). The molecule has 0 spiro atoms. The minimum Gasteiger partial charge on any atom is -0.451 e. The average molecular weight is 499 g/mol. The molecule has 0 bridgehead atoms. The second-order valence-electron chi connectivity index (χ2n) is 6.79. The first-order valence-corrected chi connectivity index (χ1v) is 11.2. The van der Waals surface area contributed by atoms with Gasteiger partial charge in [0.2, 0.25) is 9.84 Å². The number of aromatic nitrogens is 3. The van der Waals surface area contributed by atoms with E-state index in [9.17, 15) is 26.8 Å². The molecular formula is C20H17ClF2N4O5S. The normalized spacial score (nSPS) is 11.5. The van der Waals surface area contributed by atoms with Crippen molar-refractivity contribution in [1.29, 1.82) is 0 Å². The van der Waals surface area contributed by atoms with E-state index in [2.05, 4.69) is 15.4 Å². The van der Waals surface area contributed by atoms with Crippen molar-refractivity contribution < 1.29 is 31.5 Å². The third-order valence-electron chi connectivity index (χ3n) is 4.29. The molecule has 0 radical (unpaired) electrons. The van der Waals surface area contributed by atoms with Gasteiger partial charge in [-0.1, -0.05) is 11.6 Å². The van der Waals surface area contributed by atoms with Gasteiger partial charge in [-0.05, 0) is 56.3 Å². The number of amides is 1. The molecule has 174 valence electrons. The van der Waals surface area contributed by atoms with Gasteiger partial charge in [0.15, 0.2) is 18.1 Å². The number of hydrogen-bond donors (Lipinski definition) is 1. The van der Waals surface area contributed by atoms with Crippen LogP contribution in [0.25, 0.3) is 5.82 Å². The smallest absolute Gasteiger partial charge is 0.359 e. The first-order chi connectivity index (χ1) is 15.5. The Labute approximate surface area is 192 Å². The quantitative estimate of drug-likeness (QED) is 0.496. The Morgan fingerprint density at radius 3 is 2.39 bits per heavy atom. The summed E-state index contributed by atoms with van der Waals surface area (Å²) in [4.78, 5) is 28.0. The lowest BCUT2D eigenvalue weighted by Crippen LogP contribution is -2.22. The van der Waals surface area contributed by atoms with E-state index < -0.39 is 39.0 Å². The molecule has 1 N–H and O–H groups in total. The number of nitrogens with one attached hydrogen (secondary N) is 1. The third kappa shape index (κ3) is 5.52. The summed E-state index contributed by atoms with van der Waals surface area (Å²) in [5.74, 6) is -4.92.